The molecule has 1 aromatic carbocycles. The van der Waals surface area contributed by atoms with Crippen molar-refractivity contribution in [1.82, 2.24) is 0 Å². The Morgan fingerprint density at radius 1 is 1.14 bits per heavy atom. The van der Waals surface area contributed by atoms with Crippen LogP contribution in [0.5, 0.6) is 11.5 Å². The van der Waals surface area contributed by atoms with Crippen LogP contribution in [0, 0.1) is 5.92 Å². The van der Waals surface area contributed by atoms with Gasteiger partial charge in [0.25, 0.3) is 0 Å². The molecule has 0 aliphatic carbocycles. The van der Waals surface area contributed by atoms with E-state index in [1.807, 2.05) is 0 Å². The molecule has 1 radical (unpaired) electrons. The number of hydrogen-bond acceptors (Lipinski definition) is 2. The minimum Gasteiger partial charge on any atom is -0.497 e. The molecule has 0 heterocycles. The van der Waals surface area contributed by atoms with Crippen LogP contribution >= 0.6 is 0 Å². The SMILES string of the molecule is COc1cc(OC)cc([C](C)CF)c1. The Hall–Kier alpha value is -1.25. The Labute approximate surface area is 83.6 Å². The largest absolute Gasteiger partial charge is 0.497 e. The van der Waals surface area contributed by atoms with E-state index in [4.69, 9.17) is 9.47 Å². The van der Waals surface area contributed by atoms with Gasteiger partial charge in [0.2, 0.25) is 0 Å². The molecule has 0 N–H and O–H groups in total. The van der Waals surface area contributed by atoms with Crippen LogP contribution in [0.4, 0.5) is 4.39 Å². The summed E-state index contributed by atoms with van der Waals surface area (Å²) in [4.78, 5) is 0. The van der Waals surface area contributed by atoms with Crippen molar-refractivity contribution in [2.24, 2.45) is 0 Å². The van der Waals surface area contributed by atoms with Crippen molar-refractivity contribution in [3.63, 3.8) is 0 Å². The van der Waals surface area contributed by atoms with Crippen LogP contribution in [0.25, 0.3) is 0 Å². The van der Waals surface area contributed by atoms with Crippen LogP contribution in [-0.4, -0.2) is 20.9 Å². The van der Waals surface area contributed by atoms with Gasteiger partial charge in [0.05, 0.1) is 20.9 Å². The summed E-state index contributed by atoms with van der Waals surface area (Å²) in [5.41, 5.74) is 0.809. The molecule has 14 heavy (non-hydrogen) atoms. The number of methoxy groups -OCH3 is 2. The van der Waals surface area contributed by atoms with Crippen molar-refractivity contribution in [3.8, 4) is 11.5 Å². The normalized spacial score (nSPS) is 10.4. The van der Waals surface area contributed by atoms with E-state index in [-0.39, 0.29) is 0 Å². The van der Waals surface area contributed by atoms with Gasteiger partial charge < -0.3 is 9.47 Å². The second kappa shape index (κ2) is 4.84. The van der Waals surface area contributed by atoms with Gasteiger partial charge in [0, 0.05) is 12.0 Å². The molecule has 0 spiro atoms. The van der Waals surface area contributed by atoms with E-state index in [2.05, 4.69) is 0 Å². The average Bonchev–Trinajstić information content (AvgIpc) is 2.27. The summed E-state index contributed by atoms with van der Waals surface area (Å²) < 4.78 is 22.6. The van der Waals surface area contributed by atoms with Gasteiger partial charge in [0.1, 0.15) is 11.5 Å². The van der Waals surface area contributed by atoms with Gasteiger partial charge in [-0.15, -0.1) is 0 Å². The van der Waals surface area contributed by atoms with Crippen LogP contribution in [0.1, 0.15) is 12.5 Å². The smallest absolute Gasteiger partial charge is 0.122 e. The zero-order valence-corrected chi connectivity index (χ0v) is 8.63. The average molecular weight is 197 g/mol. The molecule has 0 fully saturated rings. The Morgan fingerprint density at radius 3 is 2.00 bits per heavy atom. The highest BCUT2D eigenvalue weighted by Crippen LogP contribution is 2.26. The Morgan fingerprint density at radius 2 is 1.64 bits per heavy atom. The van der Waals surface area contributed by atoms with Crippen molar-refractivity contribution in [1.29, 1.82) is 0 Å². The second-order valence-electron chi connectivity index (χ2n) is 3.02. The van der Waals surface area contributed by atoms with E-state index in [9.17, 15) is 4.39 Å². The molecule has 0 saturated heterocycles. The van der Waals surface area contributed by atoms with E-state index >= 15 is 0 Å². The summed E-state index contributed by atoms with van der Waals surface area (Å²) in [5, 5.41) is 0. The van der Waals surface area contributed by atoms with Crippen molar-refractivity contribution < 1.29 is 13.9 Å². The van der Waals surface area contributed by atoms with Crippen LogP contribution in [0.3, 0.4) is 0 Å². The summed E-state index contributed by atoms with van der Waals surface area (Å²) in [5.74, 6) is 2.02. The van der Waals surface area contributed by atoms with Crippen molar-refractivity contribution in [3.05, 3.63) is 29.7 Å². The molecule has 2 nitrogen and oxygen atoms in total. The third kappa shape index (κ3) is 2.37. The standard InChI is InChI=1S/C11H14FO2/c1-8(7-12)9-4-10(13-2)6-11(5-9)14-3/h4-6H,7H2,1-3H3. The maximum absolute atomic E-state index is 12.4. The summed E-state index contributed by atoms with van der Waals surface area (Å²) in [6.45, 7) is 1.28. The fourth-order valence-electron chi connectivity index (χ4n) is 1.13. The van der Waals surface area contributed by atoms with Gasteiger partial charge >= 0.3 is 0 Å². The molecule has 1 aromatic rings. The van der Waals surface area contributed by atoms with Crippen LogP contribution in [0.2, 0.25) is 0 Å². The molecule has 1 rings (SSSR count). The first-order chi connectivity index (χ1) is 6.71. The summed E-state index contributed by atoms with van der Waals surface area (Å²) in [6.07, 6.45) is 0. The van der Waals surface area contributed by atoms with Crippen LogP contribution < -0.4 is 9.47 Å². The molecular formula is C11H14FO2. The van der Waals surface area contributed by atoms with Gasteiger partial charge in [0.15, 0.2) is 0 Å². The Balaban J connectivity index is 3.04. The van der Waals surface area contributed by atoms with E-state index in [1.165, 1.54) is 0 Å². The molecule has 3 heteroatoms. The minimum absolute atomic E-state index is 0.462. The molecular weight excluding hydrogens is 183 g/mol. The minimum atomic E-state index is -0.462. The predicted molar refractivity (Wildman–Crippen MR) is 53.5 cm³/mol. The lowest BCUT2D eigenvalue weighted by molar-refractivity contribution is 0.393. The Kier molecular flexibility index (Phi) is 3.74. The zero-order chi connectivity index (χ0) is 10.6. The molecule has 77 valence electrons. The molecule has 0 aliphatic heterocycles. The number of benzene rings is 1. The molecule has 0 atom stereocenters. The first-order valence-corrected chi connectivity index (χ1v) is 4.33. The number of hydrogen-bond donors (Lipinski definition) is 0. The molecule has 0 saturated carbocycles. The van der Waals surface area contributed by atoms with E-state index < -0.39 is 6.67 Å². The molecule has 0 aromatic heterocycles. The van der Waals surface area contributed by atoms with E-state index in [0.29, 0.717) is 17.4 Å². The van der Waals surface area contributed by atoms with Crippen molar-refractivity contribution in [2.75, 3.05) is 20.9 Å². The third-order valence-electron chi connectivity index (χ3n) is 2.04. The maximum Gasteiger partial charge on any atom is 0.122 e. The highest BCUT2D eigenvalue weighted by atomic mass is 19.1. The molecule has 0 aliphatic rings. The fourth-order valence-corrected chi connectivity index (χ4v) is 1.13. The first-order valence-electron chi connectivity index (χ1n) is 4.33. The van der Waals surface area contributed by atoms with Crippen molar-refractivity contribution in [2.45, 2.75) is 6.92 Å². The van der Waals surface area contributed by atoms with Gasteiger partial charge in [-0.05, 0) is 17.7 Å². The van der Waals surface area contributed by atoms with Gasteiger partial charge in [-0.2, -0.15) is 0 Å². The number of ether oxygens (including phenoxy) is 2. The van der Waals surface area contributed by atoms with Crippen molar-refractivity contribution >= 4 is 0 Å². The monoisotopic (exact) mass is 197 g/mol. The highest BCUT2D eigenvalue weighted by molar-refractivity contribution is 5.43. The topological polar surface area (TPSA) is 18.5 Å². The number of alkyl halides is 1. The lowest BCUT2D eigenvalue weighted by Crippen LogP contribution is -1.98. The number of rotatable bonds is 4. The van der Waals surface area contributed by atoms with E-state index in [1.54, 1.807) is 39.3 Å². The van der Waals surface area contributed by atoms with Crippen LogP contribution in [0.15, 0.2) is 18.2 Å². The zero-order valence-electron chi connectivity index (χ0n) is 8.63. The first kappa shape index (κ1) is 10.8. The third-order valence-corrected chi connectivity index (χ3v) is 2.04. The highest BCUT2D eigenvalue weighted by Gasteiger charge is 2.09. The van der Waals surface area contributed by atoms with E-state index in [0.717, 1.165) is 5.56 Å². The van der Waals surface area contributed by atoms with Crippen LogP contribution in [-0.2, 0) is 0 Å². The predicted octanol–water partition coefficient (Wildman–Crippen LogP) is 2.62. The summed E-state index contributed by atoms with van der Waals surface area (Å²) in [7, 11) is 3.15. The van der Waals surface area contributed by atoms with Gasteiger partial charge in [-0.3, -0.25) is 4.39 Å². The van der Waals surface area contributed by atoms with Gasteiger partial charge in [-0.25, -0.2) is 0 Å². The molecule has 0 unspecified atom stereocenters. The summed E-state index contributed by atoms with van der Waals surface area (Å²) in [6, 6.07) is 5.34. The van der Waals surface area contributed by atoms with Gasteiger partial charge in [-0.1, -0.05) is 6.92 Å². The fraction of sp³-hybridized carbons (Fsp3) is 0.364. The lowest BCUT2D eigenvalue weighted by Gasteiger charge is -2.11. The second-order valence-corrected chi connectivity index (χ2v) is 3.02. The summed E-state index contributed by atoms with van der Waals surface area (Å²) >= 11 is 0. The quantitative estimate of drug-likeness (QED) is 0.738. The number of halogens is 1. The lowest BCUT2D eigenvalue weighted by atomic mass is 10.0. The molecule has 0 amide bonds. The Bertz CT molecular complexity index is 277. The molecule has 0 bridgehead atoms. The maximum atomic E-state index is 12.4.